The maximum atomic E-state index is 13.0. The van der Waals surface area contributed by atoms with Crippen LogP contribution >= 0.6 is 0 Å². The smallest absolute Gasteiger partial charge is 0.251 e. The SMILES string of the molecule is Cc1cccc(OCCNC(=O)c2cc(S(=O)(=O)N3CCCCCC3)ccc2C)c1. The lowest BCUT2D eigenvalue weighted by atomic mass is 10.1. The summed E-state index contributed by atoms with van der Waals surface area (Å²) in [5.74, 6) is 0.458. The van der Waals surface area contributed by atoms with Crippen LogP contribution in [0.15, 0.2) is 47.4 Å². The van der Waals surface area contributed by atoms with Gasteiger partial charge in [-0.1, -0.05) is 31.0 Å². The van der Waals surface area contributed by atoms with Crippen LogP contribution in [0.1, 0.15) is 47.2 Å². The van der Waals surface area contributed by atoms with Crippen LogP contribution < -0.4 is 10.1 Å². The molecule has 1 N–H and O–H groups in total. The Kier molecular flexibility index (Phi) is 7.50. The zero-order valence-corrected chi connectivity index (χ0v) is 18.5. The molecular weight excluding hydrogens is 400 g/mol. The van der Waals surface area contributed by atoms with Crippen molar-refractivity contribution in [3.8, 4) is 5.75 Å². The highest BCUT2D eigenvalue weighted by atomic mass is 32.2. The van der Waals surface area contributed by atoms with E-state index >= 15 is 0 Å². The Balaban J connectivity index is 1.64. The molecule has 1 amide bonds. The first-order valence-electron chi connectivity index (χ1n) is 10.5. The summed E-state index contributed by atoms with van der Waals surface area (Å²) in [5.41, 5.74) is 2.22. The molecule has 3 rings (SSSR count). The zero-order chi connectivity index (χ0) is 21.6. The molecule has 0 radical (unpaired) electrons. The standard InChI is InChI=1S/C23H30N2O4S/c1-18-8-7-9-20(16-18)29-15-12-24-23(26)22-17-21(11-10-19(22)2)30(27,28)25-13-5-3-4-6-14-25/h7-11,16-17H,3-6,12-15H2,1-2H3,(H,24,26). The second-order valence-corrected chi connectivity index (χ2v) is 9.65. The van der Waals surface area contributed by atoms with Crippen LogP contribution in [0.25, 0.3) is 0 Å². The maximum Gasteiger partial charge on any atom is 0.251 e. The average Bonchev–Trinajstić information content (AvgIpc) is 3.01. The van der Waals surface area contributed by atoms with Gasteiger partial charge < -0.3 is 10.1 Å². The van der Waals surface area contributed by atoms with Crippen LogP contribution in [-0.2, 0) is 10.0 Å². The Labute approximate surface area is 179 Å². The largest absolute Gasteiger partial charge is 0.492 e. The van der Waals surface area contributed by atoms with Crippen molar-refractivity contribution in [2.45, 2.75) is 44.4 Å². The van der Waals surface area contributed by atoms with Crippen LogP contribution in [0.2, 0.25) is 0 Å². The first-order chi connectivity index (χ1) is 14.4. The minimum atomic E-state index is -3.59. The Morgan fingerprint density at radius 2 is 1.77 bits per heavy atom. The molecule has 2 aromatic rings. The van der Waals surface area contributed by atoms with Crippen LogP contribution in [-0.4, -0.2) is 44.9 Å². The molecule has 1 aliphatic rings. The van der Waals surface area contributed by atoms with Crippen molar-refractivity contribution in [1.29, 1.82) is 0 Å². The average molecular weight is 431 g/mol. The number of hydrogen-bond donors (Lipinski definition) is 1. The van der Waals surface area contributed by atoms with Gasteiger partial charge in [-0.2, -0.15) is 4.31 Å². The van der Waals surface area contributed by atoms with Gasteiger partial charge in [0.1, 0.15) is 12.4 Å². The number of hydrogen-bond acceptors (Lipinski definition) is 4. The van der Waals surface area contributed by atoms with Crippen molar-refractivity contribution in [3.63, 3.8) is 0 Å². The van der Waals surface area contributed by atoms with Gasteiger partial charge in [0.05, 0.1) is 11.4 Å². The van der Waals surface area contributed by atoms with E-state index in [4.69, 9.17) is 4.74 Å². The molecule has 6 nitrogen and oxygen atoms in total. The van der Waals surface area contributed by atoms with E-state index in [1.807, 2.05) is 31.2 Å². The fraction of sp³-hybridized carbons (Fsp3) is 0.435. The third-order valence-electron chi connectivity index (χ3n) is 5.30. The van der Waals surface area contributed by atoms with Crippen molar-refractivity contribution in [2.75, 3.05) is 26.2 Å². The van der Waals surface area contributed by atoms with E-state index in [1.165, 1.54) is 6.07 Å². The molecule has 1 heterocycles. The van der Waals surface area contributed by atoms with Gasteiger partial charge in [-0.25, -0.2) is 8.42 Å². The van der Waals surface area contributed by atoms with Crippen molar-refractivity contribution in [2.24, 2.45) is 0 Å². The highest BCUT2D eigenvalue weighted by Gasteiger charge is 2.26. The van der Waals surface area contributed by atoms with Crippen molar-refractivity contribution in [1.82, 2.24) is 9.62 Å². The highest BCUT2D eigenvalue weighted by molar-refractivity contribution is 7.89. The molecule has 1 aliphatic heterocycles. The summed E-state index contributed by atoms with van der Waals surface area (Å²) in [6, 6.07) is 12.5. The summed E-state index contributed by atoms with van der Waals surface area (Å²) in [4.78, 5) is 12.8. The minimum absolute atomic E-state index is 0.177. The first-order valence-corrected chi connectivity index (χ1v) is 11.9. The second kappa shape index (κ2) is 10.1. The van der Waals surface area contributed by atoms with E-state index in [9.17, 15) is 13.2 Å². The molecule has 7 heteroatoms. The number of sulfonamides is 1. The summed E-state index contributed by atoms with van der Waals surface area (Å²) in [5, 5.41) is 2.82. The Hall–Kier alpha value is -2.38. The predicted octanol–water partition coefficient (Wildman–Crippen LogP) is 3.68. The molecule has 0 aromatic heterocycles. The number of aryl methyl sites for hydroxylation is 2. The molecular formula is C23H30N2O4S. The first kappa shape index (κ1) is 22.3. The van der Waals surface area contributed by atoms with Gasteiger partial charge in [-0.05, 0) is 62.1 Å². The number of rotatable bonds is 7. The molecule has 0 unspecified atom stereocenters. The molecule has 0 atom stereocenters. The lowest BCUT2D eigenvalue weighted by Crippen LogP contribution is -2.32. The van der Waals surface area contributed by atoms with E-state index in [-0.39, 0.29) is 10.8 Å². The number of ether oxygens (including phenoxy) is 1. The lowest BCUT2D eigenvalue weighted by Gasteiger charge is -2.20. The van der Waals surface area contributed by atoms with Crippen LogP contribution in [0.4, 0.5) is 0 Å². The van der Waals surface area contributed by atoms with Crippen LogP contribution in [0, 0.1) is 13.8 Å². The maximum absolute atomic E-state index is 13.0. The van der Waals surface area contributed by atoms with E-state index in [2.05, 4.69) is 5.32 Å². The third kappa shape index (κ3) is 5.61. The van der Waals surface area contributed by atoms with Gasteiger partial charge >= 0.3 is 0 Å². The number of amides is 1. The Morgan fingerprint density at radius 1 is 1.03 bits per heavy atom. The third-order valence-corrected chi connectivity index (χ3v) is 7.20. The molecule has 30 heavy (non-hydrogen) atoms. The monoisotopic (exact) mass is 430 g/mol. The fourth-order valence-corrected chi connectivity index (χ4v) is 5.11. The summed E-state index contributed by atoms with van der Waals surface area (Å²) in [6.07, 6.45) is 3.86. The molecule has 0 bridgehead atoms. The molecule has 0 aliphatic carbocycles. The van der Waals surface area contributed by atoms with Crippen molar-refractivity contribution < 1.29 is 17.9 Å². The Morgan fingerprint density at radius 3 is 2.47 bits per heavy atom. The van der Waals surface area contributed by atoms with Gasteiger partial charge in [0.15, 0.2) is 0 Å². The predicted molar refractivity (Wildman–Crippen MR) is 117 cm³/mol. The van der Waals surface area contributed by atoms with E-state index in [1.54, 1.807) is 23.4 Å². The number of carbonyl (C=O) groups is 1. The molecule has 1 fully saturated rings. The van der Waals surface area contributed by atoms with Gasteiger partial charge in [0.25, 0.3) is 5.91 Å². The summed E-state index contributed by atoms with van der Waals surface area (Å²) in [7, 11) is -3.59. The zero-order valence-electron chi connectivity index (χ0n) is 17.7. The molecule has 1 saturated heterocycles. The minimum Gasteiger partial charge on any atom is -0.492 e. The van der Waals surface area contributed by atoms with E-state index < -0.39 is 10.0 Å². The topological polar surface area (TPSA) is 75.7 Å². The number of carbonyl (C=O) groups excluding carboxylic acids is 1. The molecule has 0 saturated carbocycles. The van der Waals surface area contributed by atoms with E-state index in [0.717, 1.165) is 42.6 Å². The van der Waals surface area contributed by atoms with Gasteiger partial charge in [0.2, 0.25) is 10.0 Å². The number of benzene rings is 2. The summed E-state index contributed by atoms with van der Waals surface area (Å²) in [6.45, 7) is 5.53. The molecule has 2 aromatic carbocycles. The van der Waals surface area contributed by atoms with Crippen molar-refractivity contribution >= 4 is 15.9 Å². The number of nitrogens with one attached hydrogen (secondary N) is 1. The van der Waals surface area contributed by atoms with Crippen molar-refractivity contribution in [3.05, 3.63) is 59.2 Å². The molecule has 162 valence electrons. The van der Waals surface area contributed by atoms with Gasteiger partial charge in [0, 0.05) is 18.7 Å². The number of nitrogens with zero attached hydrogens (tertiary/aromatic N) is 1. The highest BCUT2D eigenvalue weighted by Crippen LogP contribution is 2.22. The quantitative estimate of drug-likeness (QED) is 0.680. The van der Waals surface area contributed by atoms with Crippen LogP contribution in [0.3, 0.4) is 0 Å². The van der Waals surface area contributed by atoms with Crippen LogP contribution in [0.5, 0.6) is 5.75 Å². The Bertz CT molecular complexity index is 980. The molecule has 0 spiro atoms. The normalized spacial score (nSPS) is 15.4. The van der Waals surface area contributed by atoms with E-state index in [0.29, 0.717) is 31.8 Å². The second-order valence-electron chi connectivity index (χ2n) is 7.72. The summed E-state index contributed by atoms with van der Waals surface area (Å²) < 4.78 is 33.3. The summed E-state index contributed by atoms with van der Waals surface area (Å²) >= 11 is 0. The fourth-order valence-electron chi connectivity index (χ4n) is 3.57. The van der Waals surface area contributed by atoms with Gasteiger partial charge in [-0.3, -0.25) is 4.79 Å². The van der Waals surface area contributed by atoms with Gasteiger partial charge in [-0.15, -0.1) is 0 Å². The lowest BCUT2D eigenvalue weighted by molar-refractivity contribution is 0.0946.